The highest BCUT2D eigenvalue weighted by atomic mass is 79.9. The van der Waals surface area contributed by atoms with Crippen molar-refractivity contribution in [2.45, 2.75) is 0 Å². The largest absolute Gasteiger partial charge is 0.497 e. The number of ether oxygens (including phenoxy) is 1. The third kappa shape index (κ3) is 3.10. The SMILES string of the molecule is COc1cc(Br)cc(Nc2cncc(N)c2)c1. The molecule has 5 heteroatoms. The van der Waals surface area contributed by atoms with Gasteiger partial charge in [0.15, 0.2) is 0 Å². The van der Waals surface area contributed by atoms with E-state index < -0.39 is 0 Å². The summed E-state index contributed by atoms with van der Waals surface area (Å²) < 4.78 is 6.13. The summed E-state index contributed by atoms with van der Waals surface area (Å²) in [6.07, 6.45) is 3.32. The number of nitrogens with one attached hydrogen (secondary N) is 1. The zero-order valence-corrected chi connectivity index (χ0v) is 10.9. The van der Waals surface area contributed by atoms with Crippen LogP contribution in [0.1, 0.15) is 0 Å². The van der Waals surface area contributed by atoms with Gasteiger partial charge in [-0.2, -0.15) is 0 Å². The summed E-state index contributed by atoms with van der Waals surface area (Å²) in [5, 5.41) is 3.21. The normalized spacial score (nSPS) is 10.0. The van der Waals surface area contributed by atoms with Gasteiger partial charge in [-0.05, 0) is 18.2 Å². The average Bonchev–Trinajstić information content (AvgIpc) is 2.28. The van der Waals surface area contributed by atoms with Gasteiger partial charge in [0.25, 0.3) is 0 Å². The number of nitrogens with zero attached hydrogens (tertiary/aromatic N) is 1. The lowest BCUT2D eigenvalue weighted by Gasteiger charge is -2.09. The monoisotopic (exact) mass is 293 g/mol. The fraction of sp³-hybridized carbons (Fsp3) is 0.0833. The lowest BCUT2D eigenvalue weighted by Crippen LogP contribution is -1.94. The standard InChI is InChI=1S/C12H12BrN3O/c1-17-12-3-8(13)2-10(5-12)16-11-4-9(14)6-15-7-11/h2-7,16H,14H2,1H3. The van der Waals surface area contributed by atoms with E-state index in [1.807, 2.05) is 24.3 Å². The van der Waals surface area contributed by atoms with Gasteiger partial charge in [-0.15, -0.1) is 0 Å². The summed E-state index contributed by atoms with van der Waals surface area (Å²) in [5.41, 5.74) is 8.03. The summed E-state index contributed by atoms with van der Waals surface area (Å²) in [4.78, 5) is 4.01. The van der Waals surface area contributed by atoms with Gasteiger partial charge < -0.3 is 15.8 Å². The first-order valence-corrected chi connectivity index (χ1v) is 5.79. The maximum Gasteiger partial charge on any atom is 0.122 e. The predicted molar refractivity (Wildman–Crippen MR) is 72.6 cm³/mol. The molecule has 1 aromatic heterocycles. The average molecular weight is 294 g/mol. The molecule has 2 rings (SSSR count). The van der Waals surface area contributed by atoms with Gasteiger partial charge in [-0.1, -0.05) is 15.9 Å². The molecule has 0 aliphatic heterocycles. The van der Waals surface area contributed by atoms with Crippen molar-refractivity contribution in [3.8, 4) is 5.75 Å². The van der Waals surface area contributed by atoms with Crippen LogP contribution >= 0.6 is 15.9 Å². The fourth-order valence-electron chi connectivity index (χ4n) is 1.45. The number of methoxy groups -OCH3 is 1. The van der Waals surface area contributed by atoms with Crippen molar-refractivity contribution in [3.63, 3.8) is 0 Å². The second-order valence-corrected chi connectivity index (χ2v) is 4.43. The molecule has 1 aromatic carbocycles. The fourth-order valence-corrected chi connectivity index (χ4v) is 1.92. The van der Waals surface area contributed by atoms with Gasteiger partial charge in [0, 0.05) is 22.4 Å². The Morgan fingerprint density at radius 2 is 2.00 bits per heavy atom. The molecule has 0 saturated carbocycles. The number of pyridine rings is 1. The molecule has 1 heterocycles. The molecule has 0 radical (unpaired) electrons. The molecule has 4 nitrogen and oxygen atoms in total. The van der Waals surface area contributed by atoms with E-state index in [0.717, 1.165) is 21.6 Å². The van der Waals surface area contributed by atoms with Crippen LogP contribution in [0.2, 0.25) is 0 Å². The molecule has 0 atom stereocenters. The molecule has 0 fully saturated rings. The Bertz CT molecular complexity index is 531. The smallest absolute Gasteiger partial charge is 0.122 e. The van der Waals surface area contributed by atoms with E-state index in [9.17, 15) is 0 Å². The summed E-state index contributed by atoms with van der Waals surface area (Å²) in [6, 6.07) is 7.56. The minimum absolute atomic E-state index is 0.622. The van der Waals surface area contributed by atoms with Crippen LogP contribution in [-0.2, 0) is 0 Å². The number of anilines is 3. The van der Waals surface area contributed by atoms with E-state index in [0.29, 0.717) is 5.69 Å². The maximum absolute atomic E-state index is 5.66. The molecular weight excluding hydrogens is 282 g/mol. The molecular formula is C12H12BrN3O. The molecule has 17 heavy (non-hydrogen) atoms. The van der Waals surface area contributed by atoms with E-state index >= 15 is 0 Å². The molecule has 2 aromatic rings. The number of nitrogen functional groups attached to an aromatic ring is 1. The quantitative estimate of drug-likeness (QED) is 0.912. The zero-order chi connectivity index (χ0) is 12.3. The number of aromatic nitrogens is 1. The predicted octanol–water partition coefficient (Wildman–Crippen LogP) is 3.18. The Labute approximate surface area is 108 Å². The Balaban J connectivity index is 2.26. The van der Waals surface area contributed by atoms with Crippen molar-refractivity contribution < 1.29 is 4.74 Å². The second-order valence-electron chi connectivity index (χ2n) is 3.51. The van der Waals surface area contributed by atoms with Crippen LogP contribution in [0.25, 0.3) is 0 Å². The van der Waals surface area contributed by atoms with Crippen LogP contribution in [-0.4, -0.2) is 12.1 Å². The highest BCUT2D eigenvalue weighted by Gasteiger charge is 2.01. The van der Waals surface area contributed by atoms with Crippen LogP contribution in [0.5, 0.6) is 5.75 Å². The minimum Gasteiger partial charge on any atom is -0.497 e. The zero-order valence-electron chi connectivity index (χ0n) is 9.27. The van der Waals surface area contributed by atoms with Crippen LogP contribution in [0.4, 0.5) is 17.1 Å². The molecule has 0 spiro atoms. The molecule has 0 aliphatic carbocycles. The number of nitrogens with two attached hydrogens (primary N) is 1. The first-order chi connectivity index (χ1) is 8.17. The van der Waals surface area contributed by atoms with E-state index in [4.69, 9.17) is 10.5 Å². The van der Waals surface area contributed by atoms with Crippen molar-refractivity contribution in [1.82, 2.24) is 4.98 Å². The summed E-state index contributed by atoms with van der Waals surface area (Å²) in [7, 11) is 1.63. The highest BCUT2D eigenvalue weighted by molar-refractivity contribution is 9.10. The number of hydrogen-bond donors (Lipinski definition) is 2. The molecule has 0 amide bonds. The molecule has 3 N–H and O–H groups in total. The minimum atomic E-state index is 0.622. The maximum atomic E-state index is 5.66. The summed E-state index contributed by atoms with van der Waals surface area (Å²) in [6.45, 7) is 0. The van der Waals surface area contributed by atoms with E-state index in [-0.39, 0.29) is 0 Å². The van der Waals surface area contributed by atoms with E-state index in [1.54, 1.807) is 19.5 Å². The topological polar surface area (TPSA) is 60.2 Å². The number of hydrogen-bond acceptors (Lipinski definition) is 4. The van der Waals surface area contributed by atoms with E-state index in [1.165, 1.54) is 0 Å². The number of benzene rings is 1. The first kappa shape index (κ1) is 11.7. The number of halogens is 1. The van der Waals surface area contributed by atoms with Gasteiger partial charge in [0.1, 0.15) is 5.75 Å². The van der Waals surface area contributed by atoms with Crippen molar-refractivity contribution in [2.75, 3.05) is 18.2 Å². The van der Waals surface area contributed by atoms with Crippen molar-refractivity contribution in [1.29, 1.82) is 0 Å². The summed E-state index contributed by atoms with van der Waals surface area (Å²) >= 11 is 3.42. The summed E-state index contributed by atoms with van der Waals surface area (Å²) in [5.74, 6) is 0.777. The lowest BCUT2D eigenvalue weighted by atomic mass is 10.3. The van der Waals surface area contributed by atoms with Crippen LogP contribution < -0.4 is 15.8 Å². The third-order valence-electron chi connectivity index (χ3n) is 2.16. The van der Waals surface area contributed by atoms with Crippen LogP contribution in [0.15, 0.2) is 41.1 Å². The molecule has 0 unspecified atom stereocenters. The van der Waals surface area contributed by atoms with Crippen molar-refractivity contribution in [2.24, 2.45) is 0 Å². The van der Waals surface area contributed by atoms with Crippen LogP contribution in [0, 0.1) is 0 Å². The third-order valence-corrected chi connectivity index (χ3v) is 2.61. The Morgan fingerprint density at radius 1 is 1.18 bits per heavy atom. The molecule has 88 valence electrons. The molecule has 0 saturated heterocycles. The Morgan fingerprint density at radius 3 is 2.71 bits per heavy atom. The highest BCUT2D eigenvalue weighted by Crippen LogP contribution is 2.27. The van der Waals surface area contributed by atoms with Gasteiger partial charge in [0.2, 0.25) is 0 Å². The molecule has 0 aliphatic rings. The van der Waals surface area contributed by atoms with Gasteiger partial charge in [0.05, 0.1) is 24.7 Å². The van der Waals surface area contributed by atoms with Gasteiger partial charge in [-0.3, -0.25) is 4.98 Å². The number of rotatable bonds is 3. The van der Waals surface area contributed by atoms with Gasteiger partial charge in [-0.25, -0.2) is 0 Å². The van der Waals surface area contributed by atoms with Gasteiger partial charge >= 0.3 is 0 Å². The van der Waals surface area contributed by atoms with Crippen LogP contribution in [0.3, 0.4) is 0 Å². The first-order valence-electron chi connectivity index (χ1n) is 4.99. The Kier molecular flexibility index (Phi) is 3.49. The lowest BCUT2D eigenvalue weighted by molar-refractivity contribution is 0.415. The van der Waals surface area contributed by atoms with Crippen molar-refractivity contribution in [3.05, 3.63) is 41.1 Å². The Hall–Kier alpha value is -1.75. The second kappa shape index (κ2) is 5.05. The van der Waals surface area contributed by atoms with Crippen molar-refractivity contribution >= 4 is 33.0 Å². The van der Waals surface area contributed by atoms with E-state index in [2.05, 4.69) is 26.2 Å². The molecule has 0 bridgehead atoms.